The highest BCUT2D eigenvalue weighted by Gasteiger charge is 2.39. The number of rotatable bonds is 3. The summed E-state index contributed by atoms with van der Waals surface area (Å²) in [5.41, 5.74) is 0.475. The molecule has 3 heteroatoms. The van der Waals surface area contributed by atoms with E-state index in [1.807, 2.05) is 0 Å². The van der Waals surface area contributed by atoms with Gasteiger partial charge in [0.2, 0.25) is 5.91 Å². The molecule has 0 bridgehead atoms. The average Bonchev–Trinajstić information content (AvgIpc) is 2.70. The molecule has 104 valence electrons. The monoisotopic (exact) mass is 252 g/mol. The first-order chi connectivity index (χ1) is 8.44. The average molecular weight is 252 g/mol. The maximum atomic E-state index is 12.4. The van der Waals surface area contributed by atoms with Crippen LogP contribution in [0.4, 0.5) is 0 Å². The summed E-state index contributed by atoms with van der Waals surface area (Å²) >= 11 is 0. The van der Waals surface area contributed by atoms with Crippen LogP contribution in [-0.2, 0) is 4.79 Å². The standard InChI is InChI=1S/C15H28N2O/c1-5-11(2)13-14(18)17(10-16-13)12-6-8-15(3,4)9-7-12/h11-13,16H,5-10H2,1-4H3. The fraction of sp³-hybridized carbons (Fsp3) is 0.933. The van der Waals surface area contributed by atoms with Gasteiger partial charge in [0.25, 0.3) is 0 Å². The van der Waals surface area contributed by atoms with E-state index in [1.54, 1.807) is 0 Å². The lowest BCUT2D eigenvalue weighted by Gasteiger charge is -2.38. The number of hydrogen-bond acceptors (Lipinski definition) is 2. The van der Waals surface area contributed by atoms with Crippen molar-refractivity contribution in [1.82, 2.24) is 10.2 Å². The second-order valence-electron chi connectivity index (χ2n) is 6.93. The van der Waals surface area contributed by atoms with Crippen LogP contribution in [0.2, 0.25) is 0 Å². The van der Waals surface area contributed by atoms with Crippen LogP contribution in [0.3, 0.4) is 0 Å². The Morgan fingerprint density at radius 1 is 1.39 bits per heavy atom. The molecule has 0 aromatic rings. The van der Waals surface area contributed by atoms with Crippen LogP contribution in [0.5, 0.6) is 0 Å². The minimum absolute atomic E-state index is 0.0601. The molecule has 0 aromatic heterocycles. The van der Waals surface area contributed by atoms with Crippen LogP contribution in [0.25, 0.3) is 0 Å². The van der Waals surface area contributed by atoms with Crippen molar-refractivity contribution in [2.24, 2.45) is 11.3 Å². The van der Waals surface area contributed by atoms with Crippen molar-refractivity contribution in [3.05, 3.63) is 0 Å². The molecule has 1 saturated carbocycles. The highest BCUT2D eigenvalue weighted by Crippen LogP contribution is 2.37. The van der Waals surface area contributed by atoms with E-state index in [9.17, 15) is 4.79 Å². The predicted molar refractivity (Wildman–Crippen MR) is 74.1 cm³/mol. The van der Waals surface area contributed by atoms with E-state index in [1.165, 1.54) is 25.7 Å². The molecule has 0 aromatic carbocycles. The molecule has 1 heterocycles. The third-order valence-corrected chi connectivity index (χ3v) is 4.99. The summed E-state index contributed by atoms with van der Waals surface area (Å²) in [4.78, 5) is 14.5. The SMILES string of the molecule is CCC(C)C1NCN(C2CCC(C)(C)CC2)C1=O. The van der Waals surface area contributed by atoms with Crippen molar-refractivity contribution in [3.8, 4) is 0 Å². The molecule has 2 unspecified atom stereocenters. The summed E-state index contributed by atoms with van der Waals surface area (Å²) in [6.45, 7) is 9.78. The molecule has 18 heavy (non-hydrogen) atoms. The van der Waals surface area contributed by atoms with Gasteiger partial charge in [-0.25, -0.2) is 0 Å². The highest BCUT2D eigenvalue weighted by atomic mass is 16.2. The van der Waals surface area contributed by atoms with E-state index < -0.39 is 0 Å². The molecule has 2 rings (SSSR count). The number of hydrogen-bond donors (Lipinski definition) is 1. The molecule has 2 fully saturated rings. The van der Waals surface area contributed by atoms with Gasteiger partial charge in [0, 0.05) is 6.04 Å². The van der Waals surface area contributed by atoms with Crippen molar-refractivity contribution < 1.29 is 4.79 Å². The van der Waals surface area contributed by atoms with E-state index >= 15 is 0 Å². The zero-order valence-corrected chi connectivity index (χ0v) is 12.3. The normalized spacial score (nSPS) is 30.8. The fourth-order valence-corrected chi connectivity index (χ4v) is 3.23. The Labute approximate surface area is 111 Å². The van der Waals surface area contributed by atoms with Crippen molar-refractivity contribution in [2.45, 2.75) is 71.9 Å². The molecule has 1 aliphatic carbocycles. The first-order valence-electron chi connectivity index (χ1n) is 7.48. The summed E-state index contributed by atoms with van der Waals surface area (Å²) in [6.07, 6.45) is 5.90. The largest absolute Gasteiger partial charge is 0.326 e. The van der Waals surface area contributed by atoms with Gasteiger partial charge in [-0.05, 0) is 37.0 Å². The Kier molecular flexibility index (Phi) is 4.00. The second kappa shape index (κ2) is 5.20. The van der Waals surface area contributed by atoms with E-state index in [-0.39, 0.29) is 6.04 Å². The fourth-order valence-electron chi connectivity index (χ4n) is 3.23. The van der Waals surface area contributed by atoms with Crippen molar-refractivity contribution in [1.29, 1.82) is 0 Å². The predicted octanol–water partition coefficient (Wildman–Crippen LogP) is 2.76. The summed E-state index contributed by atoms with van der Waals surface area (Å²) in [7, 11) is 0. The van der Waals surface area contributed by atoms with E-state index in [0.29, 0.717) is 23.3 Å². The molecule has 0 spiro atoms. The minimum atomic E-state index is 0.0601. The Morgan fingerprint density at radius 3 is 2.56 bits per heavy atom. The summed E-state index contributed by atoms with van der Waals surface area (Å²) in [6, 6.07) is 0.539. The Bertz CT molecular complexity index is 304. The quantitative estimate of drug-likeness (QED) is 0.837. The van der Waals surface area contributed by atoms with Crippen LogP contribution < -0.4 is 5.32 Å². The van der Waals surface area contributed by atoms with Crippen LogP contribution >= 0.6 is 0 Å². The zero-order valence-electron chi connectivity index (χ0n) is 12.3. The summed E-state index contributed by atoms with van der Waals surface area (Å²) in [5.74, 6) is 0.789. The number of amides is 1. The van der Waals surface area contributed by atoms with Gasteiger partial charge in [0.1, 0.15) is 0 Å². The van der Waals surface area contributed by atoms with Gasteiger partial charge < -0.3 is 4.90 Å². The molecular weight excluding hydrogens is 224 g/mol. The Balaban J connectivity index is 1.94. The van der Waals surface area contributed by atoms with Crippen molar-refractivity contribution >= 4 is 5.91 Å². The van der Waals surface area contributed by atoms with Gasteiger partial charge in [-0.2, -0.15) is 0 Å². The Hall–Kier alpha value is -0.570. The molecule has 1 amide bonds. The molecule has 0 radical (unpaired) electrons. The smallest absolute Gasteiger partial charge is 0.241 e. The number of nitrogens with zero attached hydrogens (tertiary/aromatic N) is 1. The van der Waals surface area contributed by atoms with Gasteiger partial charge in [-0.3, -0.25) is 10.1 Å². The van der Waals surface area contributed by atoms with Crippen LogP contribution in [0.1, 0.15) is 59.8 Å². The topological polar surface area (TPSA) is 32.3 Å². The molecular formula is C15H28N2O. The van der Waals surface area contributed by atoms with E-state index in [2.05, 4.69) is 37.9 Å². The van der Waals surface area contributed by atoms with Crippen LogP contribution in [-0.4, -0.2) is 29.6 Å². The minimum Gasteiger partial charge on any atom is -0.326 e. The van der Waals surface area contributed by atoms with Crippen LogP contribution in [0.15, 0.2) is 0 Å². The molecule has 2 aliphatic rings. The number of carbonyl (C=O) groups is 1. The summed E-state index contributed by atoms with van der Waals surface area (Å²) < 4.78 is 0. The van der Waals surface area contributed by atoms with Gasteiger partial charge in [-0.1, -0.05) is 34.1 Å². The highest BCUT2D eigenvalue weighted by molar-refractivity contribution is 5.84. The van der Waals surface area contributed by atoms with E-state index in [0.717, 1.165) is 13.1 Å². The van der Waals surface area contributed by atoms with E-state index in [4.69, 9.17) is 0 Å². The third-order valence-electron chi connectivity index (χ3n) is 4.99. The third kappa shape index (κ3) is 2.71. The lowest BCUT2D eigenvalue weighted by atomic mass is 9.75. The molecule has 3 nitrogen and oxygen atoms in total. The lowest BCUT2D eigenvalue weighted by molar-refractivity contribution is -0.132. The van der Waals surface area contributed by atoms with Crippen molar-refractivity contribution in [2.75, 3.05) is 6.67 Å². The van der Waals surface area contributed by atoms with Crippen molar-refractivity contribution in [3.63, 3.8) is 0 Å². The van der Waals surface area contributed by atoms with Crippen LogP contribution in [0, 0.1) is 11.3 Å². The maximum absolute atomic E-state index is 12.4. The summed E-state index contributed by atoms with van der Waals surface area (Å²) in [5, 5.41) is 3.40. The Morgan fingerprint density at radius 2 is 2.00 bits per heavy atom. The lowest BCUT2D eigenvalue weighted by Crippen LogP contribution is -2.43. The maximum Gasteiger partial charge on any atom is 0.241 e. The first-order valence-corrected chi connectivity index (χ1v) is 7.48. The molecule has 1 aliphatic heterocycles. The molecule has 2 atom stereocenters. The number of nitrogens with one attached hydrogen (secondary N) is 1. The first kappa shape index (κ1) is 13.9. The van der Waals surface area contributed by atoms with Gasteiger partial charge >= 0.3 is 0 Å². The molecule has 1 saturated heterocycles. The zero-order chi connectivity index (χ0) is 13.3. The van der Waals surface area contributed by atoms with Gasteiger partial charge in [0.05, 0.1) is 12.7 Å². The van der Waals surface area contributed by atoms with Gasteiger partial charge in [0.15, 0.2) is 0 Å². The number of carbonyl (C=O) groups excluding carboxylic acids is 1. The second-order valence-corrected chi connectivity index (χ2v) is 6.93. The molecule has 1 N–H and O–H groups in total. The van der Waals surface area contributed by atoms with Gasteiger partial charge in [-0.15, -0.1) is 0 Å².